The maximum atomic E-state index is 11.7. The number of rotatable bonds is 5. The highest BCUT2D eigenvalue weighted by Gasteiger charge is 2.20. The Morgan fingerprint density at radius 2 is 1.95 bits per heavy atom. The zero-order valence-corrected chi connectivity index (χ0v) is 14.5. The minimum atomic E-state index is -0.437. The van der Waals surface area contributed by atoms with Crippen molar-refractivity contribution in [2.24, 2.45) is 5.92 Å². The molecule has 21 heavy (non-hydrogen) atoms. The van der Waals surface area contributed by atoms with E-state index in [0.29, 0.717) is 6.04 Å². The minimum absolute atomic E-state index is 0.0880. The van der Waals surface area contributed by atoms with Crippen LogP contribution in [0.5, 0.6) is 0 Å². The van der Waals surface area contributed by atoms with Gasteiger partial charge in [0.25, 0.3) is 0 Å². The van der Waals surface area contributed by atoms with E-state index in [1.807, 2.05) is 27.7 Å². The number of alkyl carbamates (subject to hydrolysis) is 1. The van der Waals surface area contributed by atoms with Gasteiger partial charge >= 0.3 is 6.09 Å². The number of carbonyl (C=O) groups excluding carboxylic acids is 1. The van der Waals surface area contributed by atoms with Crippen molar-refractivity contribution in [1.82, 2.24) is 10.6 Å². The summed E-state index contributed by atoms with van der Waals surface area (Å²) in [5, 5.41) is 6.49. The Morgan fingerprint density at radius 1 is 1.24 bits per heavy atom. The third-order valence-electron chi connectivity index (χ3n) is 4.14. The molecular weight excluding hydrogens is 264 g/mol. The Kier molecular flexibility index (Phi) is 7.50. The second kappa shape index (κ2) is 8.62. The summed E-state index contributed by atoms with van der Waals surface area (Å²) in [5.74, 6) is 0.911. The van der Waals surface area contributed by atoms with Gasteiger partial charge in [0.1, 0.15) is 5.60 Å². The van der Waals surface area contributed by atoms with Gasteiger partial charge in [0, 0.05) is 18.6 Å². The summed E-state index contributed by atoms with van der Waals surface area (Å²) in [7, 11) is 0. The fourth-order valence-corrected chi connectivity index (χ4v) is 2.89. The molecule has 3 atom stereocenters. The van der Waals surface area contributed by atoms with Crippen molar-refractivity contribution in [2.75, 3.05) is 6.54 Å². The largest absolute Gasteiger partial charge is 0.444 e. The van der Waals surface area contributed by atoms with E-state index in [0.717, 1.165) is 12.5 Å². The van der Waals surface area contributed by atoms with E-state index >= 15 is 0 Å². The quantitative estimate of drug-likeness (QED) is 0.758. The molecule has 1 amide bonds. The van der Waals surface area contributed by atoms with Gasteiger partial charge in [-0.1, -0.05) is 26.2 Å². The van der Waals surface area contributed by atoms with Gasteiger partial charge < -0.3 is 15.4 Å². The van der Waals surface area contributed by atoms with Crippen LogP contribution in [0.1, 0.15) is 73.1 Å². The van der Waals surface area contributed by atoms with Crippen molar-refractivity contribution in [2.45, 2.75) is 90.8 Å². The molecule has 2 N–H and O–H groups in total. The number of ether oxygens (including phenoxy) is 1. The summed E-state index contributed by atoms with van der Waals surface area (Å²) in [5.41, 5.74) is -0.437. The summed E-state index contributed by atoms with van der Waals surface area (Å²) in [6.07, 6.45) is 7.53. The van der Waals surface area contributed by atoms with Crippen LogP contribution in [0.4, 0.5) is 4.79 Å². The van der Waals surface area contributed by atoms with Gasteiger partial charge in [0.15, 0.2) is 0 Å². The Hall–Kier alpha value is -0.770. The van der Waals surface area contributed by atoms with E-state index < -0.39 is 5.60 Å². The summed E-state index contributed by atoms with van der Waals surface area (Å²) in [6, 6.07) is 0.689. The van der Waals surface area contributed by atoms with Crippen molar-refractivity contribution >= 4 is 6.09 Å². The summed E-state index contributed by atoms with van der Waals surface area (Å²) < 4.78 is 5.27. The van der Waals surface area contributed by atoms with Crippen LogP contribution in [-0.2, 0) is 4.74 Å². The summed E-state index contributed by atoms with van der Waals surface area (Å²) in [6.45, 7) is 10.8. The number of nitrogens with one attached hydrogen (secondary N) is 2. The van der Waals surface area contributed by atoms with E-state index in [2.05, 4.69) is 17.6 Å². The van der Waals surface area contributed by atoms with Gasteiger partial charge in [0.05, 0.1) is 0 Å². The highest BCUT2D eigenvalue weighted by Crippen LogP contribution is 2.25. The number of hydrogen-bond acceptors (Lipinski definition) is 3. The molecule has 0 aromatic carbocycles. The van der Waals surface area contributed by atoms with Gasteiger partial charge in [-0.3, -0.25) is 0 Å². The molecule has 0 heterocycles. The fourth-order valence-electron chi connectivity index (χ4n) is 2.89. The van der Waals surface area contributed by atoms with Crippen LogP contribution in [0.25, 0.3) is 0 Å². The molecule has 124 valence electrons. The maximum absolute atomic E-state index is 11.7. The highest BCUT2D eigenvalue weighted by molar-refractivity contribution is 5.68. The smallest absolute Gasteiger partial charge is 0.407 e. The topological polar surface area (TPSA) is 50.4 Å². The first-order valence-electron chi connectivity index (χ1n) is 8.53. The Morgan fingerprint density at radius 3 is 2.57 bits per heavy atom. The molecule has 3 unspecified atom stereocenters. The molecule has 4 heteroatoms. The Balaban J connectivity index is 2.23. The normalized spacial score (nSPS) is 25.0. The molecule has 0 radical (unpaired) electrons. The van der Waals surface area contributed by atoms with Crippen LogP contribution in [0.2, 0.25) is 0 Å². The van der Waals surface area contributed by atoms with Crippen molar-refractivity contribution in [1.29, 1.82) is 0 Å². The molecule has 1 rings (SSSR count). The first kappa shape index (κ1) is 18.3. The predicted molar refractivity (Wildman–Crippen MR) is 87.5 cm³/mol. The Bertz CT molecular complexity index is 312. The van der Waals surface area contributed by atoms with Crippen molar-refractivity contribution < 1.29 is 9.53 Å². The van der Waals surface area contributed by atoms with Gasteiger partial charge in [-0.25, -0.2) is 4.79 Å². The monoisotopic (exact) mass is 298 g/mol. The summed E-state index contributed by atoms with van der Waals surface area (Å²) in [4.78, 5) is 11.7. The molecule has 1 saturated carbocycles. The average molecular weight is 298 g/mol. The van der Waals surface area contributed by atoms with Crippen molar-refractivity contribution in [3.8, 4) is 0 Å². The second-order valence-electron chi connectivity index (χ2n) is 7.43. The lowest BCUT2D eigenvalue weighted by Crippen LogP contribution is -2.44. The fraction of sp³-hybridized carbons (Fsp3) is 0.941. The van der Waals surface area contributed by atoms with Crippen LogP contribution in [0.3, 0.4) is 0 Å². The second-order valence-corrected chi connectivity index (χ2v) is 7.43. The molecule has 0 bridgehead atoms. The van der Waals surface area contributed by atoms with Gasteiger partial charge in [-0.05, 0) is 52.9 Å². The molecule has 1 fully saturated rings. The van der Waals surface area contributed by atoms with Crippen LogP contribution in [-0.4, -0.2) is 30.3 Å². The van der Waals surface area contributed by atoms with E-state index in [9.17, 15) is 4.79 Å². The third-order valence-corrected chi connectivity index (χ3v) is 4.14. The number of carbonyl (C=O) groups is 1. The Labute approximate surface area is 130 Å². The van der Waals surface area contributed by atoms with Crippen molar-refractivity contribution in [3.05, 3.63) is 0 Å². The first-order chi connectivity index (χ1) is 9.80. The molecule has 0 saturated heterocycles. The lowest BCUT2D eigenvalue weighted by Gasteiger charge is -2.23. The molecule has 0 spiro atoms. The molecule has 0 aromatic rings. The standard InChI is InChI=1S/C17H34N2O2/c1-6-14-8-7-9-15(11-10-14)18-12-13(2)19-16(20)21-17(3,4)5/h13-15,18H,6-12H2,1-5H3,(H,19,20). The van der Waals surface area contributed by atoms with Gasteiger partial charge in [-0.2, -0.15) is 0 Å². The van der Waals surface area contributed by atoms with Crippen LogP contribution < -0.4 is 10.6 Å². The lowest BCUT2D eigenvalue weighted by molar-refractivity contribution is 0.0507. The van der Waals surface area contributed by atoms with Crippen molar-refractivity contribution in [3.63, 3.8) is 0 Å². The highest BCUT2D eigenvalue weighted by atomic mass is 16.6. The number of hydrogen-bond donors (Lipinski definition) is 2. The SMILES string of the molecule is CCC1CCCC(NCC(C)NC(=O)OC(C)(C)C)CC1. The predicted octanol–water partition coefficient (Wildman–Crippen LogP) is 3.85. The summed E-state index contributed by atoms with van der Waals surface area (Å²) >= 11 is 0. The van der Waals surface area contributed by atoms with Gasteiger partial charge in [-0.15, -0.1) is 0 Å². The minimum Gasteiger partial charge on any atom is -0.444 e. The average Bonchev–Trinajstić information content (AvgIpc) is 2.58. The van der Waals surface area contributed by atoms with Crippen LogP contribution in [0, 0.1) is 5.92 Å². The van der Waals surface area contributed by atoms with E-state index in [1.165, 1.54) is 38.5 Å². The molecule has 0 aromatic heterocycles. The first-order valence-corrected chi connectivity index (χ1v) is 8.53. The zero-order chi connectivity index (χ0) is 15.9. The van der Waals surface area contributed by atoms with Crippen LogP contribution >= 0.6 is 0 Å². The van der Waals surface area contributed by atoms with Crippen LogP contribution in [0.15, 0.2) is 0 Å². The molecule has 1 aliphatic carbocycles. The maximum Gasteiger partial charge on any atom is 0.407 e. The molecular formula is C17H34N2O2. The van der Waals surface area contributed by atoms with E-state index in [4.69, 9.17) is 4.74 Å². The third kappa shape index (κ3) is 8.30. The van der Waals surface area contributed by atoms with E-state index in [1.54, 1.807) is 0 Å². The number of amides is 1. The molecule has 1 aliphatic rings. The van der Waals surface area contributed by atoms with E-state index in [-0.39, 0.29) is 12.1 Å². The lowest BCUT2D eigenvalue weighted by atomic mass is 9.98. The molecule has 0 aliphatic heterocycles. The molecule has 4 nitrogen and oxygen atoms in total. The van der Waals surface area contributed by atoms with Gasteiger partial charge in [0.2, 0.25) is 0 Å². The zero-order valence-electron chi connectivity index (χ0n) is 14.5.